The molecule has 2 atom stereocenters. The highest BCUT2D eigenvalue weighted by molar-refractivity contribution is 5.79. The normalized spacial score (nSPS) is 31.2. The van der Waals surface area contributed by atoms with Crippen LogP contribution >= 0.6 is 0 Å². The number of carbonyl (C=O) groups excluding carboxylic acids is 1. The molecule has 1 N–H and O–H groups in total. The highest BCUT2D eigenvalue weighted by Crippen LogP contribution is 2.39. The molecule has 0 aliphatic carbocycles. The molecule has 0 saturated carbocycles. The molecule has 3 rings (SSSR count). The topological polar surface area (TPSA) is 53.0 Å². The number of nitrogens with zero attached hydrogens (tertiary/aromatic N) is 2. The molecule has 5 heteroatoms. The van der Waals surface area contributed by atoms with E-state index >= 15 is 0 Å². The van der Waals surface area contributed by atoms with Crippen LogP contribution in [-0.4, -0.2) is 72.9 Å². The molecule has 0 aromatic heterocycles. The van der Waals surface area contributed by atoms with E-state index in [1.165, 1.54) is 5.57 Å². The van der Waals surface area contributed by atoms with Crippen molar-refractivity contribution in [2.24, 2.45) is 11.3 Å². The lowest BCUT2D eigenvalue weighted by Gasteiger charge is -2.51. The van der Waals surface area contributed by atoms with Crippen LogP contribution in [0.15, 0.2) is 11.6 Å². The lowest BCUT2D eigenvalue weighted by atomic mass is 9.71. The van der Waals surface area contributed by atoms with Crippen molar-refractivity contribution in [1.82, 2.24) is 9.80 Å². The Hall–Kier alpha value is -0.910. The number of piperidine rings is 2. The molecule has 148 valence electrons. The van der Waals surface area contributed by atoms with Gasteiger partial charge in [0.2, 0.25) is 5.91 Å². The third kappa shape index (κ3) is 4.68. The number of aliphatic hydroxyl groups is 1. The lowest BCUT2D eigenvalue weighted by molar-refractivity contribution is -0.148. The predicted molar refractivity (Wildman–Crippen MR) is 103 cm³/mol. The van der Waals surface area contributed by atoms with E-state index in [1.54, 1.807) is 0 Å². The van der Waals surface area contributed by atoms with Crippen molar-refractivity contribution in [3.63, 3.8) is 0 Å². The summed E-state index contributed by atoms with van der Waals surface area (Å²) in [5.74, 6) is 0.412. The summed E-state index contributed by atoms with van der Waals surface area (Å²) in [6, 6.07) is 0. The maximum absolute atomic E-state index is 13.0. The minimum absolute atomic E-state index is 0.119. The minimum atomic E-state index is -0.285. The largest absolute Gasteiger partial charge is 0.392 e. The summed E-state index contributed by atoms with van der Waals surface area (Å²) in [4.78, 5) is 17.5. The molecule has 3 heterocycles. The van der Waals surface area contributed by atoms with Gasteiger partial charge in [-0.1, -0.05) is 11.6 Å². The summed E-state index contributed by atoms with van der Waals surface area (Å²) in [6.45, 7) is 10.2. The molecule has 3 aliphatic heterocycles. The number of allylic oxidation sites excluding steroid dienone is 1. The van der Waals surface area contributed by atoms with Crippen molar-refractivity contribution >= 4 is 5.91 Å². The number of carbonyl (C=O) groups is 1. The van der Waals surface area contributed by atoms with Crippen LogP contribution in [0.1, 0.15) is 52.4 Å². The van der Waals surface area contributed by atoms with E-state index in [9.17, 15) is 9.90 Å². The molecule has 0 radical (unpaired) electrons. The summed E-state index contributed by atoms with van der Waals surface area (Å²) in [5, 5.41) is 10.8. The number of ether oxygens (including phenoxy) is 1. The fourth-order valence-corrected chi connectivity index (χ4v) is 4.92. The fourth-order valence-electron chi connectivity index (χ4n) is 4.92. The van der Waals surface area contributed by atoms with Crippen molar-refractivity contribution in [3.05, 3.63) is 11.6 Å². The number of rotatable bonds is 4. The van der Waals surface area contributed by atoms with E-state index in [2.05, 4.69) is 29.7 Å². The van der Waals surface area contributed by atoms with Gasteiger partial charge in [0.15, 0.2) is 0 Å². The summed E-state index contributed by atoms with van der Waals surface area (Å²) in [7, 11) is 0. The molecule has 1 spiro atoms. The third-order valence-corrected chi connectivity index (χ3v) is 6.45. The van der Waals surface area contributed by atoms with Gasteiger partial charge >= 0.3 is 0 Å². The molecule has 1 amide bonds. The van der Waals surface area contributed by atoms with E-state index in [-0.39, 0.29) is 17.4 Å². The Morgan fingerprint density at radius 1 is 1.19 bits per heavy atom. The van der Waals surface area contributed by atoms with Gasteiger partial charge in [0.1, 0.15) is 0 Å². The fraction of sp³-hybridized carbons (Fsp3) is 0.857. The molecule has 3 saturated heterocycles. The second kappa shape index (κ2) is 8.85. The zero-order valence-corrected chi connectivity index (χ0v) is 16.6. The third-order valence-electron chi connectivity index (χ3n) is 6.45. The highest BCUT2D eigenvalue weighted by Gasteiger charge is 2.46. The SMILES string of the molecule is CC(C)=CCCN1CC[C@@H](O)[C@]2(CCCN(C(=O)C3CCOCC3)C2)C1. The molecular formula is C21H36N2O3. The van der Waals surface area contributed by atoms with Crippen LogP contribution in [0.3, 0.4) is 0 Å². The van der Waals surface area contributed by atoms with Gasteiger partial charge in [-0.05, 0) is 52.4 Å². The summed E-state index contributed by atoms with van der Waals surface area (Å²) in [5.41, 5.74) is 1.23. The number of hydrogen-bond donors (Lipinski definition) is 1. The van der Waals surface area contributed by atoms with Crippen molar-refractivity contribution in [1.29, 1.82) is 0 Å². The van der Waals surface area contributed by atoms with Gasteiger partial charge < -0.3 is 19.6 Å². The van der Waals surface area contributed by atoms with Crippen LogP contribution in [0.5, 0.6) is 0 Å². The monoisotopic (exact) mass is 364 g/mol. The lowest BCUT2D eigenvalue weighted by Crippen LogP contribution is -2.60. The average molecular weight is 365 g/mol. The predicted octanol–water partition coefficient (Wildman–Crippen LogP) is 2.44. The maximum atomic E-state index is 13.0. The number of aliphatic hydroxyl groups excluding tert-OH is 1. The summed E-state index contributed by atoms with van der Waals surface area (Å²) in [6.07, 6.45) is 7.64. The zero-order chi connectivity index (χ0) is 18.6. The summed E-state index contributed by atoms with van der Waals surface area (Å²) < 4.78 is 5.41. The van der Waals surface area contributed by atoms with Gasteiger partial charge in [-0.25, -0.2) is 0 Å². The highest BCUT2D eigenvalue weighted by atomic mass is 16.5. The Kier molecular flexibility index (Phi) is 6.76. The van der Waals surface area contributed by atoms with Crippen molar-refractivity contribution < 1.29 is 14.6 Å². The standard InChI is InChI=1S/C21H36N2O3/c1-17(2)5-3-10-22-12-6-19(24)21(15-22)9-4-11-23(16-21)20(25)18-7-13-26-14-8-18/h5,18-19,24H,3-4,6-16H2,1-2H3/t19-,21-/m1/s1. The van der Waals surface area contributed by atoms with E-state index in [4.69, 9.17) is 4.74 Å². The first kappa shape index (κ1) is 19.8. The van der Waals surface area contributed by atoms with Crippen LogP contribution in [0.4, 0.5) is 0 Å². The Morgan fingerprint density at radius 3 is 2.69 bits per heavy atom. The Balaban J connectivity index is 1.62. The first-order valence-electron chi connectivity index (χ1n) is 10.4. The number of hydrogen-bond acceptors (Lipinski definition) is 4. The quantitative estimate of drug-likeness (QED) is 0.779. The van der Waals surface area contributed by atoms with Crippen LogP contribution in [0.2, 0.25) is 0 Å². The van der Waals surface area contributed by atoms with Crippen LogP contribution < -0.4 is 0 Å². The second-order valence-corrected chi connectivity index (χ2v) is 8.76. The van der Waals surface area contributed by atoms with Crippen molar-refractivity contribution in [3.8, 4) is 0 Å². The van der Waals surface area contributed by atoms with E-state index in [0.717, 1.165) is 71.2 Å². The second-order valence-electron chi connectivity index (χ2n) is 8.76. The molecule has 0 bridgehead atoms. The molecule has 0 unspecified atom stereocenters. The Labute approximate surface area is 158 Å². The summed E-state index contributed by atoms with van der Waals surface area (Å²) >= 11 is 0. The number of amides is 1. The molecule has 5 nitrogen and oxygen atoms in total. The molecular weight excluding hydrogens is 328 g/mol. The van der Waals surface area contributed by atoms with Gasteiger partial charge in [-0.15, -0.1) is 0 Å². The van der Waals surface area contributed by atoms with Crippen molar-refractivity contribution in [2.75, 3.05) is 45.9 Å². The molecule has 26 heavy (non-hydrogen) atoms. The molecule has 0 aromatic carbocycles. The van der Waals surface area contributed by atoms with Crippen LogP contribution in [0, 0.1) is 11.3 Å². The Bertz CT molecular complexity index is 511. The van der Waals surface area contributed by atoms with Crippen molar-refractivity contribution in [2.45, 2.75) is 58.5 Å². The average Bonchev–Trinajstić information content (AvgIpc) is 2.65. The van der Waals surface area contributed by atoms with E-state index in [0.29, 0.717) is 19.1 Å². The van der Waals surface area contributed by atoms with Gasteiger partial charge in [-0.3, -0.25) is 4.79 Å². The van der Waals surface area contributed by atoms with Gasteiger partial charge in [0, 0.05) is 57.3 Å². The van der Waals surface area contributed by atoms with Gasteiger partial charge in [0.05, 0.1) is 6.10 Å². The first-order valence-corrected chi connectivity index (χ1v) is 10.4. The first-order chi connectivity index (χ1) is 12.5. The van der Waals surface area contributed by atoms with Gasteiger partial charge in [0.25, 0.3) is 0 Å². The van der Waals surface area contributed by atoms with Crippen LogP contribution in [0.25, 0.3) is 0 Å². The van der Waals surface area contributed by atoms with E-state index < -0.39 is 0 Å². The van der Waals surface area contributed by atoms with E-state index in [1.807, 2.05) is 0 Å². The number of likely N-dealkylation sites (tertiary alicyclic amines) is 2. The zero-order valence-electron chi connectivity index (χ0n) is 16.6. The Morgan fingerprint density at radius 2 is 1.96 bits per heavy atom. The molecule has 3 fully saturated rings. The van der Waals surface area contributed by atoms with Crippen LogP contribution in [-0.2, 0) is 9.53 Å². The smallest absolute Gasteiger partial charge is 0.225 e. The van der Waals surface area contributed by atoms with Gasteiger partial charge in [-0.2, -0.15) is 0 Å². The maximum Gasteiger partial charge on any atom is 0.225 e. The molecule has 3 aliphatic rings. The minimum Gasteiger partial charge on any atom is -0.392 e. The molecule has 0 aromatic rings.